The van der Waals surface area contributed by atoms with E-state index >= 15 is 0 Å². The molecule has 8 heteroatoms. The molecule has 7 nitrogen and oxygen atoms in total. The van der Waals surface area contributed by atoms with Gasteiger partial charge in [0.25, 0.3) is 0 Å². The van der Waals surface area contributed by atoms with Crippen molar-refractivity contribution in [3.63, 3.8) is 0 Å². The highest BCUT2D eigenvalue weighted by atomic mass is 35.5. The van der Waals surface area contributed by atoms with Gasteiger partial charge in [0.1, 0.15) is 6.33 Å². The molecule has 2 aromatic heterocycles. The number of rotatable bonds is 5. The molecule has 0 atom stereocenters. The largest absolute Gasteiger partial charge is 0.383 e. The monoisotopic (exact) mass is 268 g/mol. The van der Waals surface area contributed by atoms with Crippen LogP contribution >= 0.6 is 11.6 Å². The van der Waals surface area contributed by atoms with Gasteiger partial charge in [-0.15, -0.1) is 0 Å². The van der Waals surface area contributed by atoms with Gasteiger partial charge in [-0.3, -0.25) is 4.57 Å². The van der Waals surface area contributed by atoms with Crippen LogP contribution in [0.5, 0.6) is 0 Å². The van der Waals surface area contributed by atoms with E-state index in [-0.39, 0.29) is 5.28 Å². The zero-order chi connectivity index (χ0) is 13.0. The molecular formula is C10H13ClN6O. The average molecular weight is 269 g/mol. The Hall–Kier alpha value is -1.73. The summed E-state index contributed by atoms with van der Waals surface area (Å²) in [7, 11) is 3.51. The van der Waals surface area contributed by atoms with E-state index in [9.17, 15) is 0 Å². The third-order valence-electron chi connectivity index (χ3n) is 2.29. The number of ether oxygens (including phenoxy) is 1. The molecule has 0 aliphatic heterocycles. The number of anilines is 1. The van der Waals surface area contributed by atoms with Gasteiger partial charge in [0, 0.05) is 33.1 Å². The van der Waals surface area contributed by atoms with Gasteiger partial charge in [0.15, 0.2) is 0 Å². The van der Waals surface area contributed by atoms with E-state index in [0.29, 0.717) is 25.0 Å². The standard InChI is InChI=1S/C10H13ClN6O/c1-16(5-6-18-2)9-13-8(11)14-10(15-9)17-4-3-12-7-17/h3-4,7H,5-6H2,1-2H3. The maximum atomic E-state index is 5.89. The summed E-state index contributed by atoms with van der Waals surface area (Å²) in [5, 5.41) is 0.146. The predicted molar refractivity (Wildman–Crippen MR) is 67.1 cm³/mol. The zero-order valence-corrected chi connectivity index (χ0v) is 10.9. The van der Waals surface area contributed by atoms with E-state index < -0.39 is 0 Å². The van der Waals surface area contributed by atoms with Crippen molar-refractivity contribution in [1.29, 1.82) is 0 Å². The van der Waals surface area contributed by atoms with Crippen molar-refractivity contribution in [2.45, 2.75) is 0 Å². The minimum Gasteiger partial charge on any atom is -0.383 e. The van der Waals surface area contributed by atoms with E-state index in [1.807, 2.05) is 11.9 Å². The summed E-state index contributed by atoms with van der Waals surface area (Å²) in [6, 6.07) is 0. The van der Waals surface area contributed by atoms with Crippen LogP contribution in [0.1, 0.15) is 0 Å². The minimum atomic E-state index is 0.146. The van der Waals surface area contributed by atoms with Crippen molar-refractivity contribution in [3.8, 4) is 5.95 Å². The van der Waals surface area contributed by atoms with Crippen LogP contribution in [0.3, 0.4) is 0 Å². The molecule has 0 aliphatic carbocycles. The summed E-state index contributed by atoms with van der Waals surface area (Å²) >= 11 is 5.89. The third kappa shape index (κ3) is 2.93. The Morgan fingerprint density at radius 2 is 2.22 bits per heavy atom. The number of hydrogen-bond acceptors (Lipinski definition) is 6. The molecule has 0 aromatic carbocycles. The van der Waals surface area contributed by atoms with Gasteiger partial charge in [-0.1, -0.05) is 0 Å². The minimum absolute atomic E-state index is 0.146. The summed E-state index contributed by atoms with van der Waals surface area (Å²) in [5.74, 6) is 0.933. The molecule has 0 N–H and O–H groups in total. The summed E-state index contributed by atoms with van der Waals surface area (Å²) < 4.78 is 6.67. The van der Waals surface area contributed by atoms with Gasteiger partial charge >= 0.3 is 0 Å². The lowest BCUT2D eigenvalue weighted by Gasteiger charge is -2.16. The van der Waals surface area contributed by atoms with Gasteiger partial charge in [-0.2, -0.15) is 15.0 Å². The van der Waals surface area contributed by atoms with Gasteiger partial charge in [-0.05, 0) is 11.6 Å². The van der Waals surface area contributed by atoms with Crippen LogP contribution in [0.15, 0.2) is 18.7 Å². The highest BCUT2D eigenvalue weighted by molar-refractivity contribution is 6.28. The van der Waals surface area contributed by atoms with Crippen LogP contribution < -0.4 is 4.90 Å². The van der Waals surface area contributed by atoms with Crippen molar-refractivity contribution in [2.75, 3.05) is 32.2 Å². The molecule has 2 aromatic rings. The van der Waals surface area contributed by atoms with Crippen molar-refractivity contribution in [2.24, 2.45) is 0 Å². The van der Waals surface area contributed by atoms with Crippen LogP contribution in [0.2, 0.25) is 5.28 Å². The van der Waals surface area contributed by atoms with E-state index in [1.165, 1.54) is 0 Å². The van der Waals surface area contributed by atoms with Crippen molar-refractivity contribution in [3.05, 3.63) is 24.0 Å². The van der Waals surface area contributed by atoms with Gasteiger partial charge in [-0.25, -0.2) is 4.98 Å². The van der Waals surface area contributed by atoms with Gasteiger partial charge in [0.05, 0.1) is 6.61 Å². The van der Waals surface area contributed by atoms with E-state index in [4.69, 9.17) is 16.3 Å². The lowest BCUT2D eigenvalue weighted by atomic mass is 10.6. The first kappa shape index (κ1) is 12.7. The lowest BCUT2D eigenvalue weighted by molar-refractivity contribution is 0.206. The molecule has 0 amide bonds. The van der Waals surface area contributed by atoms with Gasteiger partial charge in [0.2, 0.25) is 17.2 Å². The Balaban J connectivity index is 2.26. The molecule has 0 saturated heterocycles. The average Bonchev–Trinajstić information content (AvgIpc) is 2.89. The second-order valence-electron chi connectivity index (χ2n) is 3.59. The van der Waals surface area contributed by atoms with Crippen molar-refractivity contribution >= 4 is 17.5 Å². The molecule has 0 spiro atoms. The quantitative estimate of drug-likeness (QED) is 0.799. The van der Waals surface area contributed by atoms with E-state index in [0.717, 1.165) is 0 Å². The Labute approximate surface area is 109 Å². The smallest absolute Gasteiger partial charge is 0.241 e. The maximum Gasteiger partial charge on any atom is 0.241 e. The third-order valence-corrected chi connectivity index (χ3v) is 2.46. The van der Waals surface area contributed by atoms with Crippen LogP contribution in [-0.2, 0) is 4.74 Å². The Morgan fingerprint density at radius 3 is 2.89 bits per heavy atom. The van der Waals surface area contributed by atoms with Crippen molar-refractivity contribution < 1.29 is 4.74 Å². The number of nitrogens with zero attached hydrogens (tertiary/aromatic N) is 6. The number of hydrogen-bond donors (Lipinski definition) is 0. The number of imidazole rings is 1. The summed E-state index contributed by atoms with van der Waals surface area (Å²) in [5.41, 5.74) is 0. The summed E-state index contributed by atoms with van der Waals surface area (Å²) in [6.07, 6.45) is 4.99. The number of likely N-dealkylation sites (N-methyl/N-ethyl adjacent to an activating group) is 1. The molecule has 0 unspecified atom stereocenters. The molecule has 96 valence electrons. The number of methoxy groups -OCH3 is 1. The van der Waals surface area contributed by atoms with Gasteiger partial charge < -0.3 is 9.64 Å². The number of halogens is 1. The highest BCUT2D eigenvalue weighted by Gasteiger charge is 2.10. The molecular weight excluding hydrogens is 256 g/mol. The van der Waals surface area contributed by atoms with Crippen LogP contribution in [-0.4, -0.2) is 51.8 Å². The second-order valence-corrected chi connectivity index (χ2v) is 3.93. The molecule has 2 rings (SSSR count). The zero-order valence-electron chi connectivity index (χ0n) is 10.1. The number of aromatic nitrogens is 5. The fourth-order valence-corrected chi connectivity index (χ4v) is 1.47. The fraction of sp³-hybridized carbons (Fsp3) is 0.400. The predicted octanol–water partition coefficient (Wildman–Crippen LogP) is 0.793. The Bertz CT molecular complexity index is 503. The first-order valence-corrected chi connectivity index (χ1v) is 5.68. The van der Waals surface area contributed by atoms with E-state index in [2.05, 4.69) is 19.9 Å². The molecule has 2 heterocycles. The molecule has 0 bridgehead atoms. The van der Waals surface area contributed by atoms with Crippen molar-refractivity contribution in [1.82, 2.24) is 24.5 Å². The SMILES string of the molecule is COCCN(C)c1nc(Cl)nc(-n2ccnc2)n1. The Kier molecular flexibility index (Phi) is 4.06. The topological polar surface area (TPSA) is 69.0 Å². The molecule has 0 fully saturated rings. The normalized spacial score (nSPS) is 10.6. The second kappa shape index (κ2) is 5.74. The first-order valence-electron chi connectivity index (χ1n) is 5.30. The maximum absolute atomic E-state index is 5.89. The first-order chi connectivity index (χ1) is 8.70. The lowest BCUT2D eigenvalue weighted by Crippen LogP contribution is -2.25. The summed E-state index contributed by atoms with van der Waals surface area (Å²) in [4.78, 5) is 18.2. The molecule has 0 aliphatic rings. The Morgan fingerprint density at radius 1 is 1.39 bits per heavy atom. The molecule has 0 radical (unpaired) electrons. The van der Waals surface area contributed by atoms with E-state index in [1.54, 1.807) is 30.4 Å². The highest BCUT2D eigenvalue weighted by Crippen LogP contribution is 2.12. The molecule has 0 saturated carbocycles. The van der Waals surface area contributed by atoms with Crippen LogP contribution in [0.4, 0.5) is 5.95 Å². The van der Waals surface area contributed by atoms with Crippen LogP contribution in [0.25, 0.3) is 5.95 Å². The molecule has 18 heavy (non-hydrogen) atoms. The van der Waals surface area contributed by atoms with Crippen LogP contribution in [0, 0.1) is 0 Å². The summed E-state index contributed by atoms with van der Waals surface area (Å²) in [6.45, 7) is 1.25. The fourth-order valence-electron chi connectivity index (χ4n) is 1.32.